The van der Waals surface area contributed by atoms with Crippen molar-refractivity contribution in [2.75, 3.05) is 13.1 Å². The summed E-state index contributed by atoms with van der Waals surface area (Å²) in [6.07, 6.45) is 6.65. The third-order valence-corrected chi connectivity index (χ3v) is 4.51. The van der Waals surface area contributed by atoms with Gasteiger partial charge in [0.15, 0.2) is 0 Å². The number of hydrogen-bond donors (Lipinski definition) is 1. The molecule has 0 bridgehead atoms. The average Bonchev–Trinajstić information content (AvgIpc) is 3.00. The summed E-state index contributed by atoms with van der Waals surface area (Å²) in [7, 11) is 0. The van der Waals surface area contributed by atoms with Crippen LogP contribution >= 0.6 is 0 Å². The zero-order valence-corrected chi connectivity index (χ0v) is 13.0. The van der Waals surface area contributed by atoms with E-state index in [0.29, 0.717) is 5.92 Å². The van der Waals surface area contributed by atoms with Gasteiger partial charge in [0, 0.05) is 50.1 Å². The Labute approximate surface area is 136 Å². The smallest absolute Gasteiger partial charge is 0.0525 e. The molecule has 0 aliphatic carbocycles. The van der Waals surface area contributed by atoms with E-state index in [1.54, 1.807) is 0 Å². The largest absolute Gasteiger partial charge is 0.298 e. The van der Waals surface area contributed by atoms with E-state index >= 15 is 0 Å². The molecule has 4 nitrogen and oxygen atoms in total. The van der Waals surface area contributed by atoms with Crippen LogP contribution in [-0.2, 0) is 13.0 Å². The molecule has 4 rings (SSSR count). The summed E-state index contributed by atoms with van der Waals surface area (Å²) in [6.45, 7) is 3.18. The molecular formula is C19H20N4. The van der Waals surface area contributed by atoms with E-state index in [2.05, 4.69) is 62.5 Å². The molecular weight excluding hydrogens is 284 g/mol. The standard InChI is InChI=1S/C19H20N4/c1-2-4-15(5-3-1)10-17-11-21-22-19(17)18-13-23(14-18)12-16-6-8-20-9-7-16/h1-9,11,18H,10,12-14H2,(H,21,22). The van der Waals surface area contributed by atoms with Gasteiger partial charge in [0.25, 0.3) is 0 Å². The highest BCUT2D eigenvalue weighted by Gasteiger charge is 2.30. The molecule has 2 aromatic heterocycles. The van der Waals surface area contributed by atoms with E-state index in [-0.39, 0.29) is 0 Å². The predicted octanol–water partition coefficient (Wildman–Crippen LogP) is 2.99. The minimum atomic E-state index is 0.568. The molecule has 0 radical (unpaired) electrons. The van der Waals surface area contributed by atoms with Crippen molar-refractivity contribution in [3.05, 3.63) is 83.4 Å². The monoisotopic (exact) mass is 304 g/mol. The Kier molecular flexibility index (Phi) is 3.90. The topological polar surface area (TPSA) is 44.8 Å². The Bertz CT molecular complexity index is 745. The molecule has 1 aliphatic rings. The van der Waals surface area contributed by atoms with Crippen molar-refractivity contribution >= 4 is 0 Å². The maximum absolute atomic E-state index is 4.28. The van der Waals surface area contributed by atoms with Crippen LogP contribution in [0.3, 0.4) is 0 Å². The number of nitrogens with one attached hydrogen (secondary N) is 1. The van der Waals surface area contributed by atoms with Crippen molar-refractivity contribution in [2.45, 2.75) is 18.9 Å². The summed E-state index contributed by atoms with van der Waals surface area (Å²) in [5.74, 6) is 0.568. The number of aromatic nitrogens is 3. The van der Waals surface area contributed by atoms with Crippen LogP contribution in [0.5, 0.6) is 0 Å². The van der Waals surface area contributed by atoms with Crippen molar-refractivity contribution in [3.63, 3.8) is 0 Å². The van der Waals surface area contributed by atoms with E-state index in [4.69, 9.17) is 0 Å². The van der Waals surface area contributed by atoms with Crippen LogP contribution < -0.4 is 0 Å². The number of H-pyrrole nitrogens is 1. The van der Waals surface area contributed by atoms with E-state index in [0.717, 1.165) is 26.1 Å². The molecule has 1 fully saturated rings. The molecule has 23 heavy (non-hydrogen) atoms. The molecule has 0 spiro atoms. The Morgan fingerprint density at radius 2 is 1.78 bits per heavy atom. The Morgan fingerprint density at radius 1 is 1.00 bits per heavy atom. The molecule has 116 valence electrons. The van der Waals surface area contributed by atoms with E-state index in [9.17, 15) is 0 Å². The Balaban J connectivity index is 1.38. The molecule has 3 aromatic rings. The SMILES string of the molecule is c1ccc(Cc2cn[nH]c2C2CN(Cc3ccncc3)C2)cc1. The zero-order valence-electron chi connectivity index (χ0n) is 13.0. The van der Waals surface area contributed by atoms with Gasteiger partial charge < -0.3 is 0 Å². The lowest BCUT2D eigenvalue weighted by Crippen LogP contribution is -2.44. The van der Waals surface area contributed by atoms with Crippen LogP contribution in [0, 0.1) is 0 Å². The first-order chi connectivity index (χ1) is 11.4. The number of benzene rings is 1. The van der Waals surface area contributed by atoms with Gasteiger partial charge in [-0.2, -0.15) is 5.10 Å². The van der Waals surface area contributed by atoms with Gasteiger partial charge in [-0.25, -0.2) is 0 Å². The van der Waals surface area contributed by atoms with Gasteiger partial charge >= 0.3 is 0 Å². The fraction of sp³-hybridized carbons (Fsp3) is 0.263. The molecule has 0 atom stereocenters. The van der Waals surface area contributed by atoms with Gasteiger partial charge in [-0.3, -0.25) is 15.0 Å². The maximum atomic E-state index is 4.28. The number of rotatable bonds is 5. The fourth-order valence-electron chi connectivity index (χ4n) is 3.26. The summed E-state index contributed by atoms with van der Waals surface area (Å²) in [5, 5.41) is 7.50. The summed E-state index contributed by atoms with van der Waals surface area (Å²) < 4.78 is 0. The first kappa shape index (κ1) is 14.2. The minimum absolute atomic E-state index is 0.568. The van der Waals surface area contributed by atoms with Crippen molar-refractivity contribution < 1.29 is 0 Å². The van der Waals surface area contributed by atoms with E-state index < -0.39 is 0 Å². The fourth-order valence-corrected chi connectivity index (χ4v) is 3.26. The molecule has 0 unspecified atom stereocenters. The highest BCUT2D eigenvalue weighted by Crippen LogP contribution is 2.30. The summed E-state index contributed by atoms with van der Waals surface area (Å²) in [4.78, 5) is 6.54. The number of hydrogen-bond acceptors (Lipinski definition) is 3. The lowest BCUT2D eigenvalue weighted by Gasteiger charge is -2.39. The lowest BCUT2D eigenvalue weighted by atomic mass is 9.91. The molecule has 4 heteroatoms. The lowest BCUT2D eigenvalue weighted by molar-refractivity contribution is 0.137. The third kappa shape index (κ3) is 3.17. The van der Waals surface area contributed by atoms with Crippen LogP contribution in [0.15, 0.2) is 61.1 Å². The number of nitrogens with zero attached hydrogens (tertiary/aromatic N) is 3. The second-order valence-corrected chi connectivity index (χ2v) is 6.22. The summed E-state index contributed by atoms with van der Waals surface area (Å²) >= 11 is 0. The molecule has 0 saturated carbocycles. The van der Waals surface area contributed by atoms with Crippen LogP contribution in [0.2, 0.25) is 0 Å². The van der Waals surface area contributed by atoms with Crippen LogP contribution in [0.1, 0.15) is 28.3 Å². The molecule has 0 amide bonds. The Morgan fingerprint density at radius 3 is 2.57 bits per heavy atom. The third-order valence-electron chi connectivity index (χ3n) is 4.51. The normalized spacial score (nSPS) is 15.5. The quantitative estimate of drug-likeness (QED) is 0.788. The van der Waals surface area contributed by atoms with Crippen LogP contribution in [0.4, 0.5) is 0 Å². The summed E-state index contributed by atoms with van der Waals surface area (Å²) in [5.41, 5.74) is 5.29. The molecule has 1 aliphatic heterocycles. The zero-order chi connectivity index (χ0) is 15.5. The van der Waals surface area contributed by atoms with Crippen LogP contribution in [0.25, 0.3) is 0 Å². The molecule has 3 heterocycles. The molecule has 1 N–H and O–H groups in total. The van der Waals surface area contributed by atoms with E-state index in [1.165, 1.54) is 22.4 Å². The van der Waals surface area contributed by atoms with Gasteiger partial charge in [0.2, 0.25) is 0 Å². The average molecular weight is 304 g/mol. The number of likely N-dealkylation sites (tertiary alicyclic amines) is 1. The highest BCUT2D eigenvalue weighted by molar-refractivity contribution is 5.30. The van der Waals surface area contributed by atoms with Gasteiger partial charge in [0.05, 0.1) is 6.20 Å². The number of aromatic amines is 1. The second kappa shape index (κ2) is 6.34. The second-order valence-electron chi connectivity index (χ2n) is 6.22. The van der Waals surface area contributed by atoms with Gasteiger partial charge in [-0.15, -0.1) is 0 Å². The van der Waals surface area contributed by atoms with Crippen molar-refractivity contribution in [1.29, 1.82) is 0 Å². The Hall–Kier alpha value is -2.46. The first-order valence-electron chi connectivity index (χ1n) is 8.06. The van der Waals surface area contributed by atoms with Crippen molar-refractivity contribution in [2.24, 2.45) is 0 Å². The van der Waals surface area contributed by atoms with Gasteiger partial charge in [-0.1, -0.05) is 30.3 Å². The number of pyridine rings is 1. The van der Waals surface area contributed by atoms with Gasteiger partial charge in [0.1, 0.15) is 0 Å². The maximum Gasteiger partial charge on any atom is 0.0525 e. The van der Waals surface area contributed by atoms with E-state index in [1.807, 2.05) is 18.6 Å². The van der Waals surface area contributed by atoms with Crippen molar-refractivity contribution in [1.82, 2.24) is 20.1 Å². The highest BCUT2D eigenvalue weighted by atomic mass is 15.2. The summed E-state index contributed by atoms with van der Waals surface area (Å²) in [6, 6.07) is 14.8. The van der Waals surface area contributed by atoms with Crippen molar-refractivity contribution in [3.8, 4) is 0 Å². The minimum Gasteiger partial charge on any atom is -0.298 e. The molecule has 1 aromatic carbocycles. The predicted molar refractivity (Wildman–Crippen MR) is 90.1 cm³/mol. The van der Waals surface area contributed by atoms with Gasteiger partial charge in [-0.05, 0) is 28.8 Å². The molecule has 1 saturated heterocycles. The first-order valence-corrected chi connectivity index (χ1v) is 8.06. The van der Waals surface area contributed by atoms with Crippen LogP contribution in [-0.4, -0.2) is 33.2 Å².